The number of likely N-dealkylation sites (N-methyl/N-ethyl adjacent to an activating group) is 1. The minimum Gasteiger partial charge on any atom is -0.424 e. The van der Waals surface area contributed by atoms with Crippen LogP contribution in [0, 0.1) is 0 Å². The third-order valence-corrected chi connectivity index (χ3v) is 10.3. The average Bonchev–Trinajstić information content (AvgIpc) is 3.45. The van der Waals surface area contributed by atoms with Gasteiger partial charge in [-0.1, -0.05) is 54.1 Å². The summed E-state index contributed by atoms with van der Waals surface area (Å²) in [6.45, 7) is 1.38. The van der Waals surface area contributed by atoms with E-state index in [1.807, 2.05) is 24.3 Å². The normalized spacial score (nSPS) is 14.8. The molecular formula is C36H33ClF3N7O4S. The van der Waals surface area contributed by atoms with E-state index in [0.29, 0.717) is 27.8 Å². The fourth-order valence-electron chi connectivity index (χ4n) is 5.70. The second-order valence-corrected chi connectivity index (χ2v) is 14.5. The van der Waals surface area contributed by atoms with Gasteiger partial charge in [0.1, 0.15) is 16.5 Å². The number of rotatable bonds is 12. The number of sulfonamides is 1. The number of hydrogen-bond donors (Lipinski definition) is 4. The largest absolute Gasteiger partial charge is 0.424 e. The number of aliphatic hydroxyl groups is 1. The SMILES string of the molecule is CC(O)CN(C)S(=O)(=O)c1ccc(C(F)(F)F)cc1NC1C(CNc2cnc(Oc3ccc(-c4cc(Cl)cnc4N)cc3)nc2)=Cc2ccccc21. The maximum atomic E-state index is 13.8. The van der Waals surface area contributed by atoms with Crippen molar-refractivity contribution in [1.82, 2.24) is 19.3 Å². The summed E-state index contributed by atoms with van der Waals surface area (Å²) in [5, 5.41) is 16.6. The Morgan fingerprint density at radius 2 is 1.73 bits per heavy atom. The second kappa shape index (κ2) is 14.8. The highest BCUT2D eigenvalue weighted by molar-refractivity contribution is 7.89. The lowest BCUT2D eigenvalue weighted by atomic mass is 10.0. The first-order valence-corrected chi connectivity index (χ1v) is 17.7. The maximum Gasteiger partial charge on any atom is 0.416 e. The van der Waals surface area contributed by atoms with Gasteiger partial charge < -0.3 is 26.2 Å². The molecule has 1 aliphatic rings. The number of aromatic nitrogens is 3. The van der Waals surface area contributed by atoms with Gasteiger partial charge in [-0.3, -0.25) is 0 Å². The molecule has 0 spiro atoms. The van der Waals surface area contributed by atoms with E-state index in [9.17, 15) is 26.7 Å². The Morgan fingerprint density at radius 1 is 1.02 bits per heavy atom. The minimum absolute atomic E-state index is 0.0908. The molecule has 2 aromatic heterocycles. The standard InChI is InChI=1S/C36H33ClF3N7O4S/c1-21(48)20-47(2)52(49,50)32-12-9-25(36(38,39)40)14-31(32)46-33-24(13-23-5-3-4-6-29(23)33)16-42-27-18-44-35(45-19-27)51-28-10-7-22(8-11-28)30-15-26(37)17-43-34(30)41/h3-15,17-19,21,33,42,46,48H,16,20H2,1-2H3,(H2,41,43). The number of aliphatic hydroxyl groups excluding tert-OH is 1. The first-order chi connectivity index (χ1) is 24.7. The summed E-state index contributed by atoms with van der Waals surface area (Å²) < 4.78 is 75.3. The molecular weight excluding hydrogens is 719 g/mol. The van der Waals surface area contributed by atoms with Crippen molar-refractivity contribution in [3.63, 3.8) is 0 Å². The van der Waals surface area contributed by atoms with Crippen molar-refractivity contribution >= 4 is 44.9 Å². The maximum absolute atomic E-state index is 13.8. The molecule has 5 N–H and O–H groups in total. The number of nitrogens with one attached hydrogen (secondary N) is 2. The van der Waals surface area contributed by atoms with E-state index in [0.717, 1.165) is 44.8 Å². The number of fused-ring (bicyclic) bond motifs is 1. The fourth-order valence-corrected chi connectivity index (χ4v) is 7.24. The molecule has 0 amide bonds. The molecule has 11 nitrogen and oxygen atoms in total. The molecule has 16 heteroatoms. The molecule has 6 rings (SSSR count). The van der Waals surface area contributed by atoms with Crippen LogP contribution in [-0.2, 0) is 16.2 Å². The quantitative estimate of drug-likeness (QED) is 0.102. The van der Waals surface area contributed by atoms with Crippen LogP contribution in [0.5, 0.6) is 11.8 Å². The first kappa shape index (κ1) is 36.6. The molecule has 270 valence electrons. The molecule has 52 heavy (non-hydrogen) atoms. The number of pyridine rings is 1. The summed E-state index contributed by atoms with van der Waals surface area (Å²) in [5.41, 5.74) is 9.04. The summed E-state index contributed by atoms with van der Waals surface area (Å²) in [4.78, 5) is 12.3. The van der Waals surface area contributed by atoms with E-state index in [1.54, 1.807) is 36.4 Å². The highest BCUT2D eigenvalue weighted by Gasteiger charge is 2.35. The highest BCUT2D eigenvalue weighted by Crippen LogP contribution is 2.41. The Morgan fingerprint density at radius 3 is 2.42 bits per heavy atom. The number of halogens is 4. The molecule has 0 radical (unpaired) electrons. The number of benzene rings is 3. The number of nitrogen functional groups attached to an aromatic ring is 1. The number of nitrogens with two attached hydrogens (primary N) is 1. The summed E-state index contributed by atoms with van der Waals surface area (Å²) in [6, 6.07) is 18.0. The van der Waals surface area contributed by atoms with Gasteiger partial charge in [0.25, 0.3) is 0 Å². The monoisotopic (exact) mass is 751 g/mol. The third-order valence-electron chi connectivity index (χ3n) is 8.22. The van der Waals surface area contributed by atoms with Crippen molar-refractivity contribution in [2.75, 3.05) is 36.5 Å². The summed E-state index contributed by atoms with van der Waals surface area (Å²) >= 11 is 6.07. The molecule has 3 aromatic carbocycles. The lowest BCUT2D eigenvalue weighted by molar-refractivity contribution is -0.137. The van der Waals surface area contributed by atoms with Crippen LogP contribution < -0.4 is 21.1 Å². The predicted octanol–water partition coefficient (Wildman–Crippen LogP) is 7.25. The smallest absolute Gasteiger partial charge is 0.416 e. The van der Waals surface area contributed by atoms with Gasteiger partial charge >= 0.3 is 12.2 Å². The zero-order valence-corrected chi connectivity index (χ0v) is 29.3. The van der Waals surface area contributed by atoms with Crippen LogP contribution in [0.3, 0.4) is 0 Å². The number of anilines is 3. The molecule has 0 aliphatic heterocycles. The van der Waals surface area contributed by atoms with E-state index in [2.05, 4.69) is 25.6 Å². The second-order valence-electron chi connectivity index (χ2n) is 12.1. The van der Waals surface area contributed by atoms with Crippen LogP contribution in [0.1, 0.15) is 29.7 Å². The number of nitrogens with zero attached hydrogens (tertiary/aromatic N) is 4. The van der Waals surface area contributed by atoms with Gasteiger partial charge in [0, 0.05) is 31.9 Å². The van der Waals surface area contributed by atoms with Gasteiger partial charge in [0.2, 0.25) is 10.0 Å². The highest BCUT2D eigenvalue weighted by atomic mass is 35.5. The fraction of sp³-hybridized carbons (Fsp3) is 0.194. The van der Waals surface area contributed by atoms with Crippen LogP contribution in [0.2, 0.25) is 5.02 Å². The number of hydrogen-bond acceptors (Lipinski definition) is 10. The molecule has 2 unspecified atom stereocenters. The summed E-state index contributed by atoms with van der Waals surface area (Å²) in [7, 11) is -3.04. The van der Waals surface area contributed by atoms with Gasteiger partial charge in [-0.15, -0.1) is 0 Å². The van der Waals surface area contributed by atoms with E-state index < -0.39 is 33.9 Å². The summed E-state index contributed by atoms with van der Waals surface area (Å²) in [6.07, 6.45) is 0.685. The Labute approximate surface area is 303 Å². The lowest BCUT2D eigenvalue weighted by Crippen LogP contribution is -2.33. The number of alkyl halides is 3. The Bertz CT molecular complexity index is 2220. The molecule has 5 aromatic rings. The van der Waals surface area contributed by atoms with Crippen LogP contribution >= 0.6 is 11.6 Å². The number of ether oxygens (including phenoxy) is 1. The van der Waals surface area contributed by atoms with Gasteiger partial charge in [-0.2, -0.15) is 17.5 Å². The van der Waals surface area contributed by atoms with Gasteiger partial charge in [0.05, 0.1) is 46.5 Å². The third kappa shape index (κ3) is 8.12. The van der Waals surface area contributed by atoms with E-state index in [1.165, 1.54) is 32.6 Å². The van der Waals surface area contributed by atoms with Gasteiger partial charge in [0.15, 0.2) is 0 Å². The molecule has 0 saturated heterocycles. The van der Waals surface area contributed by atoms with Crippen LogP contribution in [-0.4, -0.2) is 59.0 Å². The van der Waals surface area contributed by atoms with E-state index in [-0.39, 0.29) is 29.7 Å². The van der Waals surface area contributed by atoms with E-state index in [4.69, 9.17) is 22.1 Å². The molecule has 2 heterocycles. The Balaban J connectivity index is 1.19. The van der Waals surface area contributed by atoms with Gasteiger partial charge in [-0.25, -0.2) is 23.4 Å². The van der Waals surface area contributed by atoms with E-state index >= 15 is 0 Å². The molecule has 0 saturated carbocycles. The minimum atomic E-state index is -4.72. The molecule has 0 bridgehead atoms. The van der Waals surface area contributed by atoms with Crippen LogP contribution in [0.4, 0.5) is 30.4 Å². The zero-order valence-electron chi connectivity index (χ0n) is 27.8. The molecule has 0 fully saturated rings. The Kier molecular flexibility index (Phi) is 10.4. The van der Waals surface area contributed by atoms with Gasteiger partial charge in [-0.05, 0) is 65.6 Å². The van der Waals surface area contributed by atoms with Crippen molar-refractivity contribution in [1.29, 1.82) is 0 Å². The first-order valence-electron chi connectivity index (χ1n) is 15.9. The lowest BCUT2D eigenvalue weighted by Gasteiger charge is -2.25. The van der Waals surface area contributed by atoms with Crippen molar-refractivity contribution in [3.05, 3.63) is 119 Å². The van der Waals surface area contributed by atoms with Crippen molar-refractivity contribution < 1.29 is 31.4 Å². The van der Waals surface area contributed by atoms with Crippen molar-refractivity contribution in [2.45, 2.75) is 30.1 Å². The van der Waals surface area contributed by atoms with Crippen LogP contribution in [0.25, 0.3) is 17.2 Å². The van der Waals surface area contributed by atoms with Crippen LogP contribution in [0.15, 0.2) is 102 Å². The topological polar surface area (TPSA) is 156 Å². The predicted molar refractivity (Wildman–Crippen MR) is 193 cm³/mol. The average molecular weight is 752 g/mol. The molecule has 1 aliphatic carbocycles. The van der Waals surface area contributed by atoms with Crippen molar-refractivity contribution in [2.24, 2.45) is 0 Å². The van der Waals surface area contributed by atoms with Crippen molar-refractivity contribution in [3.8, 4) is 22.9 Å². The summed E-state index contributed by atoms with van der Waals surface area (Å²) in [5.74, 6) is 0.822. The Hall–Kier alpha value is -5.22. The molecule has 2 atom stereocenters. The zero-order chi connectivity index (χ0) is 37.2.